The molecule has 0 aromatic heterocycles. The molecule has 1 unspecified atom stereocenters. The van der Waals surface area contributed by atoms with Crippen molar-refractivity contribution in [2.75, 3.05) is 5.32 Å². The van der Waals surface area contributed by atoms with Gasteiger partial charge in [0.25, 0.3) is 0 Å². The number of benzene rings is 2. The summed E-state index contributed by atoms with van der Waals surface area (Å²) in [6, 6.07) is 10.00. The Morgan fingerprint density at radius 2 is 2.00 bits per heavy atom. The van der Waals surface area contributed by atoms with E-state index in [0.29, 0.717) is 0 Å². The molecule has 1 aliphatic carbocycles. The van der Waals surface area contributed by atoms with Crippen LogP contribution < -0.4 is 5.32 Å². The Morgan fingerprint density at radius 3 is 2.79 bits per heavy atom. The minimum absolute atomic E-state index is 0.106. The average Bonchev–Trinajstić information content (AvgIpc) is 2.78. The average molecular weight is 259 g/mol. The first-order valence-corrected chi connectivity index (χ1v) is 6.45. The molecule has 0 bridgehead atoms. The van der Waals surface area contributed by atoms with Gasteiger partial charge in [-0.25, -0.2) is 8.78 Å². The third-order valence-electron chi connectivity index (χ3n) is 3.73. The van der Waals surface area contributed by atoms with E-state index in [4.69, 9.17) is 0 Å². The van der Waals surface area contributed by atoms with Crippen LogP contribution in [0.15, 0.2) is 36.4 Å². The van der Waals surface area contributed by atoms with Crippen LogP contribution in [0.5, 0.6) is 0 Å². The van der Waals surface area contributed by atoms with Crippen molar-refractivity contribution in [1.29, 1.82) is 0 Å². The number of nitrogens with one attached hydrogen (secondary N) is 1. The summed E-state index contributed by atoms with van der Waals surface area (Å²) in [7, 11) is 0. The lowest BCUT2D eigenvalue weighted by atomic mass is 10.1. The van der Waals surface area contributed by atoms with Gasteiger partial charge in [0, 0.05) is 5.69 Å². The Kier molecular flexibility index (Phi) is 2.97. The number of rotatable bonds is 2. The van der Waals surface area contributed by atoms with E-state index in [2.05, 4.69) is 5.32 Å². The fourth-order valence-electron chi connectivity index (χ4n) is 2.74. The van der Waals surface area contributed by atoms with Gasteiger partial charge in [-0.1, -0.05) is 12.1 Å². The lowest BCUT2D eigenvalue weighted by Crippen LogP contribution is -2.08. The molecule has 3 heteroatoms. The van der Waals surface area contributed by atoms with Crippen molar-refractivity contribution in [1.82, 2.24) is 0 Å². The summed E-state index contributed by atoms with van der Waals surface area (Å²) in [6.45, 7) is 1.87. The number of hydrogen-bond donors (Lipinski definition) is 1. The molecule has 2 aromatic rings. The summed E-state index contributed by atoms with van der Waals surface area (Å²) in [5.74, 6) is -0.362. The number of aryl methyl sites for hydroxylation is 1. The summed E-state index contributed by atoms with van der Waals surface area (Å²) in [5, 5.41) is 3.39. The van der Waals surface area contributed by atoms with Gasteiger partial charge in [-0.2, -0.15) is 0 Å². The molecule has 3 rings (SSSR count). The Morgan fingerprint density at radius 1 is 1.16 bits per heavy atom. The van der Waals surface area contributed by atoms with Crippen molar-refractivity contribution in [3.63, 3.8) is 0 Å². The maximum atomic E-state index is 13.7. The summed E-state index contributed by atoms with van der Waals surface area (Å²) >= 11 is 0. The van der Waals surface area contributed by atoms with E-state index >= 15 is 0 Å². The molecule has 0 amide bonds. The first-order chi connectivity index (χ1) is 9.15. The van der Waals surface area contributed by atoms with E-state index in [1.165, 1.54) is 18.2 Å². The van der Waals surface area contributed by atoms with Crippen LogP contribution in [0.3, 0.4) is 0 Å². The van der Waals surface area contributed by atoms with Crippen LogP contribution in [-0.4, -0.2) is 0 Å². The van der Waals surface area contributed by atoms with E-state index in [1.54, 1.807) is 12.1 Å². The molecule has 0 radical (unpaired) electrons. The third kappa shape index (κ3) is 2.21. The smallest absolute Gasteiger partial charge is 0.126 e. The Balaban J connectivity index is 1.89. The van der Waals surface area contributed by atoms with Gasteiger partial charge in [-0.3, -0.25) is 0 Å². The maximum Gasteiger partial charge on any atom is 0.126 e. The molecule has 98 valence electrons. The molecule has 0 saturated carbocycles. The van der Waals surface area contributed by atoms with E-state index in [9.17, 15) is 8.78 Å². The molecule has 0 fully saturated rings. The third-order valence-corrected chi connectivity index (χ3v) is 3.73. The molecule has 0 saturated heterocycles. The normalized spacial score (nSPS) is 17.3. The van der Waals surface area contributed by atoms with Gasteiger partial charge >= 0.3 is 0 Å². The van der Waals surface area contributed by atoms with Crippen molar-refractivity contribution in [3.05, 3.63) is 64.7 Å². The molecule has 1 atom stereocenters. The van der Waals surface area contributed by atoms with Gasteiger partial charge < -0.3 is 5.32 Å². The lowest BCUT2D eigenvalue weighted by molar-refractivity contribution is 0.612. The van der Waals surface area contributed by atoms with Crippen molar-refractivity contribution in [2.24, 2.45) is 0 Å². The summed E-state index contributed by atoms with van der Waals surface area (Å²) < 4.78 is 26.7. The second-order valence-electron chi connectivity index (χ2n) is 5.00. The largest absolute Gasteiger partial charge is 0.378 e. The molecule has 1 aliphatic rings. The topological polar surface area (TPSA) is 12.0 Å². The van der Waals surface area contributed by atoms with Gasteiger partial charge in [-0.15, -0.1) is 0 Å². The summed E-state index contributed by atoms with van der Waals surface area (Å²) in [5.41, 5.74) is 3.59. The lowest BCUT2D eigenvalue weighted by Gasteiger charge is -2.17. The maximum absolute atomic E-state index is 13.7. The van der Waals surface area contributed by atoms with Crippen LogP contribution in [-0.2, 0) is 6.42 Å². The Bertz CT molecular complexity index is 622. The van der Waals surface area contributed by atoms with Crippen molar-refractivity contribution < 1.29 is 8.78 Å². The van der Waals surface area contributed by atoms with Gasteiger partial charge in [-0.05, 0) is 60.7 Å². The SMILES string of the molecule is Cc1cc(F)ccc1NC1CCc2c(F)cccc21. The first-order valence-electron chi connectivity index (χ1n) is 6.45. The fraction of sp³-hybridized carbons (Fsp3) is 0.250. The Hall–Kier alpha value is -1.90. The van der Waals surface area contributed by atoms with Crippen LogP contribution in [0.25, 0.3) is 0 Å². The van der Waals surface area contributed by atoms with Crippen LogP contribution in [0.2, 0.25) is 0 Å². The minimum atomic E-state index is -0.235. The summed E-state index contributed by atoms with van der Waals surface area (Å²) in [4.78, 5) is 0. The van der Waals surface area contributed by atoms with E-state index in [0.717, 1.165) is 35.2 Å². The standard InChI is InChI=1S/C16H15F2N/c1-10-9-11(17)5-7-15(10)19-16-8-6-12-13(16)3-2-4-14(12)18/h2-5,7,9,16,19H,6,8H2,1H3. The molecule has 0 spiro atoms. The molecule has 0 aliphatic heterocycles. The second-order valence-corrected chi connectivity index (χ2v) is 5.00. The highest BCUT2D eigenvalue weighted by Crippen LogP contribution is 2.35. The van der Waals surface area contributed by atoms with Gasteiger partial charge in [0.1, 0.15) is 11.6 Å². The highest BCUT2D eigenvalue weighted by Gasteiger charge is 2.24. The van der Waals surface area contributed by atoms with E-state index in [1.807, 2.05) is 13.0 Å². The van der Waals surface area contributed by atoms with Gasteiger partial charge in [0.2, 0.25) is 0 Å². The van der Waals surface area contributed by atoms with E-state index in [-0.39, 0.29) is 17.7 Å². The van der Waals surface area contributed by atoms with Crippen LogP contribution >= 0.6 is 0 Å². The van der Waals surface area contributed by atoms with Crippen LogP contribution in [0.1, 0.15) is 29.2 Å². The molecule has 1 N–H and O–H groups in total. The molecule has 1 nitrogen and oxygen atoms in total. The number of anilines is 1. The van der Waals surface area contributed by atoms with Crippen molar-refractivity contribution in [3.8, 4) is 0 Å². The van der Waals surface area contributed by atoms with Crippen LogP contribution in [0.4, 0.5) is 14.5 Å². The van der Waals surface area contributed by atoms with Crippen LogP contribution in [0, 0.1) is 18.6 Å². The number of hydrogen-bond acceptors (Lipinski definition) is 1. The molecular weight excluding hydrogens is 244 g/mol. The monoisotopic (exact) mass is 259 g/mol. The number of halogens is 2. The molecule has 2 aromatic carbocycles. The zero-order chi connectivity index (χ0) is 13.4. The zero-order valence-corrected chi connectivity index (χ0v) is 10.7. The Labute approximate surface area is 111 Å². The number of fused-ring (bicyclic) bond motifs is 1. The summed E-state index contributed by atoms with van der Waals surface area (Å²) in [6.07, 6.45) is 1.62. The van der Waals surface area contributed by atoms with E-state index < -0.39 is 0 Å². The van der Waals surface area contributed by atoms with Crippen molar-refractivity contribution in [2.45, 2.75) is 25.8 Å². The molecular formula is C16H15F2N. The molecule has 0 heterocycles. The predicted molar refractivity (Wildman–Crippen MR) is 72.2 cm³/mol. The van der Waals surface area contributed by atoms with Gasteiger partial charge in [0.15, 0.2) is 0 Å². The quantitative estimate of drug-likeness (QED) is 0.844. The highest BCUT2D eigenvalue weighted by atomic mass is 19.1. The highest BCUT2D eigenvalue weighted by molar-refractivity contribution is 5.53. The molecule has 19 heavy (non-hydrogen) atoms. The predicted octanol–water partition coefficient (Wildman–Crippen LogP) is 4.37. The zero-order valence-electron chi connectivity index (χ0n) is 10.7. The fourth-order valence-corrected chi connectivity index (χ4v) is 2.74. The van der Waals surface area contributed by atoms with Gasteiger partial charge in [0.05, 0.1) is 6.04 Å². The minimum Gasteiger partial charge on any atom is -0.378 e. The van der Waals surface area contributed by atoms with Crippen molar-refractivity contribution >= 4 is 5.69 Å². The first kappa shape index (κ1) is 12.2. The second kappa shape index (κ2) is 4.65.